The zero-order valence-electron chi connectivity index (χ0n) is 41.1. The molecular formula is C70H55N3Si. The topological polar surface area (TPSA) is 36.8 Å². The third-order valence-corrected chi connectivity index (χ3v) is 19.9. The van der Waals surface area contributed by atoms with E-state index in [-0.39, 0.29) is 11.8 Å². The number of rotatable bonds is 13. The molecule has 0 aromatic heterocycles. The van der Waals surface area contributed by atoms with E-state index < -0.39 is 13.5 Å². The molecule has 0 spiro atoms. The molecule has 0 amide bonds. The highest BCUT2D eigenvalue weighted by Gasteiger charge is 2.54. The number of anilines is 2. The molecule has 3 nitrogen and oxygen atoms in total. The highest BCUT2D eigenvalue weighted by molar-refractivity contribution is 7.19. The van der Waals surface area contributed by atoms with Crippen molar-refractivity contribution in [3.63, 3.8) is 0 Å². The summed E-state index contributed by atoms with van der Waals surface area (Å²) in [5, 5.41) is 9.42. The largest absolute Gasteiger partial charge is 0.355 e. The summed E-state index contributed by atoms with van der Waals surface area (Å²) in [4.78, 5) is 10.6. The number of hydrogen-bond donors (Lipinski definition) is 1. The quantitative estimate of drug-likeness (QED) is 0.0532. The molecule has 12 rings (SSSR count). The summed E-state index contributed by atoms with van der Waals surface area (Å²) in [6.07, 6.45) is 11.3. The Hall–Kier alpha value is -8.96. The minimum atomic E-state index is -2.76. The summed E-state index contributed by atoms with van der Waals surface area (Å²) < 4.78 is 0. The van der Waals surface area contributed by atoms with E-state index in [1.807, 2.05) is 12.3 Å². The second-order valence-corrected chi connectivity index (χ2v) is 23.1. The normalized spacial score (nSPS) is 15.6. The van der Waals surface area contributed by atoms with Gasteiger partial charge in [0.25, 0.3) is 0 Å². The van der Waals surface area contributed by atoms with Crippen LogP contribution in [0.3, 0.4) is 0 Å². The fourth-order valence-electron chi connectivity index (χ4n) is 11.9. The summed E-state index contributed by atoms with van der Waals surface area (Å²) in [7, 11) is -2.76. The molecule has 0 heterocycles. The molecule has 2 aliphatic carbocycles. The first-order chi connectivity index (χ1) is 36.7. The lowest BCUT2D eigenvalue weighted by molar-refractivity contribution is 0.457. The van der Waals surface area contributed by atoms with Crippen molar-refractivity contribution < 1.29 is 0 Å². The molecule has 10 aromatic carbocycles. The molecule has 10 aromatic rings. The zero-order valence-corrected chi connectivity index (χ0v) is 42.1. The molecule has 2 unspecified atom stereocenters. The highest BCUT2D eigenvalue weighted by atomic mass is 28.3. The number of aliphatic imine (C=N–C) groups is 2. The van der Waals surface area contributed by atoms with Gasteiger partial charge < -0.3 is 5.32 Å². The van der Waals surface area contributed by atoms with Crippen LogP contribution in [-0.2, 0) is 12.0 Å². The van der Waals surface area contributed by atoms with Crippen LogP contribution in [0.2, 0.25) is 0 Å². The highest BCUT2D eigenvalue weighted by Crippen LogP contribution is 2.62. The Kier molecular flexibility index (Phi) is 12.9. The van der Waals surface area contributed by atoms with Crippen LogP contribution in [0.25, 0.3) is 11.1 Å². The number of nitrogens with one attached hydrogen (secondary N) is 1. The van der Waals surface area contributed by atoms with Gasteiger partial charge in [-0.15, -0.1) is 0 Å². The maximum atomic E-state index is 5.34. The molecule has 0 fully saturated rings. The Balaban J connectivity index is 0.999. The number of nitrogens with zero attached hydrogens (tertiary/aromatic N) is 2. The first-order valence-corrected chi connectivity index (χ1v) is 27.7. The number of benzene rings is 10. The Labute approximate surface area is 436 Å². The van der Waals surface area contributed by atoms with E-state index in [1.54, 1.807) is 0 Å². The summed E-state index contributed by atoms with van der Waals surface area (Å²) in [5.41, 5.74) is 12.1. The van der Waals surface area contributed by atoms with Crippen LogP contribution in [0.4, 0.5) is 11.4 Å². The Bertz CT molecular complexity index is 3510. The Morgan fingerprint density at radius 2 is 1.01 bits per heavy atom. The second-order valence-electron chi connectivity index (χ2n) is 19.2. The molecule has 1 N–H and O–H groups in total. The van der Waals surface area contributed by atoms with Crippen LogP contribution in [0, 0.1) is 5.92 Å². The van der Waals surface area contributed by atoms with Gasteiger partial charge in [-0.05, 0) is 71.8 Å². The van der Waals surface area contributed by atoms with Gasteiger partial charge in [-0.3, -0.25) is 4.99 Å². The number of amidine groups is 1. The summed E-state index contributed by atoms with van der Waals surface area (Å²) in [5.74, 6) is 0.986. The average Bonchev–Trinajstić information content (AvgIpc) is 3.80. The maximum Gasteiger partial charge on any atom is 0.179 e. The van der Waals surface area contributed by atoms with Crippen molar-refractivity contribution >= 4 is 52.2 Å². The minimum Gasteiger partial charge on any atom is -0.355 e. The van der Waals surface area contributed by atoms with E-state index in [0.29, 0.717) is 12.4 Å². The van der Waals surface area contributed by atoms with E-state index in [4.69, 9.17) is 9.98 Å². The molecule has 0 radical (unpaired) electrons. The third kappa shape index (κ3) is 8.49. The predicted octanol–water partition coefficient (Wildman–Crippen LogP) is 13.7. The molecule has 0 saturated carbocycles. The molecule has 0 aliphatic heterocycles. The molecule has 74 heavy (non-hydrogen) atoms. The Morgan fingerprint density at radius 3 is 1.62 bits per heavy atom. The number of allylic oxidation sites excluding steroid dienone is 4. The van der Waals surface area contributed by atoms with E-state index in [9.17, 15) is 0 Å². The van der Waals surface area contributed by atoms with Gasteiger partial charge in [-0.25, -0.2) is 4.99 Å². The first kappa shape index (κ1) is 46.1. The van der Waals surface area contributed by atoms with Gasteiger partial charge in [-0.2, -0.15) is 0 Å². The summed E-state index contributed by atoms with van der Waals surface area (Å²) in [6.45, 7) is 0.488. The van der Waals surface area contributed by atoms with Crippen molar-refractivity contribution in [2.45, 2.75) is 17.9 Å². The van der Waals surface area contributed by atoms with Gasteiger partial charge in [0.1, 0.15) is 0 Å². The monoisotopic (exact) mass is 965 g/mol. The fraction of sp³-hybridized carbons (Fsp3) is 0.0571. The van der Waals surface area contributed by atoms with Gasteiger partial charge in [-0.1, -0.05) is 285 Å². The number of hydrogen-bond acceptors (Lipinski definition) is 2. The fourth-order valence-corrected chi connectivity index (χ4v) is 16.7. The molecule has 0 bridgehead atoms. The summed E-state index contributed by atoms with van der Waals surface area (Å²) >= 11 is 0. The van der Waals surface area contributed by atoms with Crippen molar-refractivity contribution in [1.82, 2.24) is 0 Å². The van der Waals surface area contributed by atoms with Crippen molar-refractivity contribution in [3.8, 4) is 11.1 Å². The smallest absolute Gasteiger partial charge is 0.179 e. The van der Waals surface area contributed by atoms with Gasteiger partial charge >= 0.3 is 0 Å². The maximum absolute atomic E-state index is 5.34. The van der Waals surface area contributed by atoms with Gasteiger partial charge in [0.15, 0.2) is 13.9 Å². The van der Waals surface area contributed by atoms with Gasteiger partial charge in [0.05, 0.1) is 17.6 Å². The van der Waals surface area contributed by atoms with E-state index >= 15 is 0 Å². The van der Waals surface area contributed by atoms with E-state index in [1.165, 1.54) is 43.0 Å². The van der Waals surface area contributed by atoms with Crippen molar-refractivity contribution in [2.24, 2.45) is 15.9 Å². The molecule has 2 aliphatic rings. The van der Waals surface area contributed by atoms with Crippen molar-refractivity contribution in [2.75, 3.05) is 5.32 Å². The molecule has 4 heteroatoms. The minimum absolute atomic E-state index is 0.149. The van der Waals surface area contributed by atoms with Crippen LogP contribution >= 0.6 is 0 Å². The molecule has 0 saturated heterocycles. The number of fused-ring (bicyclic) bond motifs is 3. The van der Waals surface area contributed by atoms with E-state index in [0.717, 1.165) is 39.2 Å². The third-order valence-electron chi connectivity index (χ3n) is 15.1. The first-order valence-electron chi connectivity index (χ1n) is 25.7. The predicted molar refractivity (Wildman–Crippen MR) is 313 cm³/mol. The lowest BCUT2D eigenvalue weighted by Crippen LogP contribution is -2.74. The SMILES string of the molecule is C1=CC2c3ccc(-c4ccccc4)c(Nc4cccc(C(N=Cc5cccc([Si](c6ccccc6)(c6ccccc6)c6ccccc6)c5)=NCc5ccccc5)c4)c3C(c3ccccc3)(c3ccccc3)C2C=C1. The van der Waals surface area contributed by atoms with Crippen LogP contribution in [0.1, 0.15) is 44.9 Å². The molecule has 354 valence electrons. The zero-order chi connectivity index (χ0) is 49.6. The average molecular weight is 966 g/mol. The van der Waals surface area contributed by atoms with Gasteiger partial charge in [0.2, 0.25) is 0 Å². The van der Waals surface area contributed by atoms with Crippen LogP contribution in [0.15, 0.2) is 307 Å². The van der Waals surface area contributed by atoms with Crippen molar-refractivity contribution in [3.05, 3.63) is 336 Å². The Morgan fingerprint density at radius 1 is 0.486 bits per heavy atom. The lowest BCUT2D eigenvalue weighted by atomic mass is 9.62. The van der Waals surface area contributed by atoms with Crippen LogP contribution in [0.5, 0.6) is 0 Å². The van der Waals surface area contributed by atoms with Crippen molar-refractivity contribution in [1.29, 1.82) is 0 Å². The van der Waals surface area contributed by atoms with Gasteiger partial charge in [0, 0.05) is 34.9 Å². The molecular weight excluding hydrogens is 911 g/mol. The van der Waals surface area contributed by atoms with Crippen LogP contribution < -0.4 is 26.1 Å². The molecule has 2 atom stereocenters. The lowest BCUT2D eigenvalue weighted by Gasteiger charge is -2.40. The van der Waals surface area contributed by atoms with E-state index in [2.05, 4.69) is 297 Å². The second kappa shape index (κ2) is 20.6. The summed E-state index contributed by atoms with van der Waals surface area (Å²) in [6, 6.07) is 99.1. The standard InChI is InChI=1S/C70H55N3Si/c1-8-26-52(27-9-1)50-71-69(72-51-53-28-24-43-62(48-53)74(59-37-16-5-17-38-59,60-39-18-6-19-40-60)61-41-20-7-21-42-61)55-31-25-36-58(49-55)73-68-63(54-29-10-2-11-30-54)46-47-65-64-44-22-23-45-66(64)70(67(65)68,56-32-12-3-13-33-56)57-34-14-4-15-35-57/h1-49,51,64,66,73H,50H2. The van der Waals surface area contributed by atoms with Crippen LogP contribution in [-0.4, -0.2) is 20.1 Å².